The number of hydrogen-bond donors (Lipinski definition) is 0. The highest BCUT2D eigenvalue weighted by Gasteiger charge is 2.07. The first kappa shape index (κ1) is 12.9. The zero-order valence-corrected chi connectivity index (χ0v) is 10.9. The molecule has 19 heavy (non-hydrogen) atoms. The molecule has 2 aromatic rings. The van der Waals surface area contributed by atoms with Crippen molar-refractivity contribution in [3.8, 4) is 28.8 Å². The van der Waals surface area contributed by atoms with Crippen LogP contribution in [-0.4, -0.2) is 19.2 Å². The Morgan fingerprint density at radius 3 is 2.58 bits per heavy atom. The van der Waals surface area contributed by atoms with Gasteiger partial charge in [0.1, 0.15) is 0 Å². The Hall–Kier alpha value is -2.54. The second-order valence-corrected chi connectivity index (χ2v) is 3.92. The number of rotatable bonds is 4. The standard InChI is InChI=1S/C15H14N2O2/c1-18-14-7-6-11(10-15(14)19-2)13-5-3-4-12(17-13)8-9-16/h3-7,10H,8H2,1-2H3. The molecule has 0 atom stereocenters. The minimum absolute atomic E-state index is 0.307. The molecular weight excluding hydrogens is 240 g/mol. The normalized spacial score (nSPS) is 9.74. The maximum absolute atomic E-state index is 8.71. The highest BCUT2D eigenvalue weighted by molar-refractivity contribution is 5.64. The predicted molar refractivity (Wildman–Crippen MR) is 72.1 cm³/mol. The zero-order chi connectivity index (χ0) is 13.7. The van der Waals surface area contributed by atoms with E-state index in [9.17, 15) is 0 Å². The summed E-state index contributed by atoms with van der Waals surface area (Å²) >= 11 is 0. The molecule has 0 saturated heterocycles. The van der Waals surface area contributed by atoms with Gasteiger partial charge in [-0.3, -0.25) is 4.98 Å². The van der Waals surface area contributed by atoms with E-state index in [4.69, 9.17) is 14.7 Å². The minimum Gasteiger partial charge on any atom is -0.493 e. The van der Waals surface area contributed by atoms with Gasteiger partial charge in [-0.2, -0.15) is 5.26 Å². The number of benzene rings is 1. The van der Waals surface area contributed by atoms with Gasteiger partial charge in [0.2, 0.25) is 0 Å². The van der Waals surface area contributed by atoms with Crippen LogP contribution in [0, 0.1) is 11.3 Å². The topological polar surface area (TPSA) is 55.1 Å². The van der Waals surface area contributed by atoms with E-state index >= 15 is 0 Å². The average Bonchev–Trinajstić information content (AvgIpc) is 2.47. The number of methoxy groups -OCH3 is 2. The van der Waals surface area contributed by atoms with Crippen molar-refractivity contribution < 1.29 is 9.47 Å². The predicted octanol–water partition coefficient (Wildman–Crippen LogP) is 2.83. The molecule has 2 rings (SSSR count). The van der Waals surface area contributed by atoms with Crippen LogP contribution < -0.4 is 9.47 Å². The minimum atomic E-state index is 0.307. The van der Waals surface area contributed by atoms with Gasteiger partial charge < -0.3 is 9.47 Å². The molecule has 96 valence electrons. The molecule has 0 bridgehead atoms. The third kappa shape index (κ3) is 2.83. The van der Waals surface area contributed by atoms with Gasteiger partial charge >= 0.3 is 0 Å². The van der Waals surface area contributed by atoms with E-state index in [1.165, 1.54) is 0 Å². The first-order valence-corrected chi connectivity index (χ1v) is 5.83. The maximum Gasteiger partial charge on any atom is 0.161 e. The number of ether oxygens (including phenoxy) is 2. The third-order valence-corrected chi connectivity index (χ3v) is 2.75. The summed E-state index contributed by atoms with van der Waals surface area (Å²) in [5.74, 6) is 1.34. The summed E-state index contributed by atoms with van der Waals surface area (Å²) in [6, 6.07) is 13.4. The summed E-state index contributed by atoms with van der Waals surface area (Å²) in [7, 11) is 3.20. The Morgan fingerprint density at radius 1 is 1.11 bits per heavy atom. The lowest BCUT2D eigenvalue weighted by atomic mass is 10.1. The van der Waals surface area contributed by atoms with Crippen LogP contribution >= 0.6 is 0 Å². The van der Waals surface area contributed by atoms with Crippen molar-refractivity contribution in [2.45, 2.75) is 6.42 Å². The average molecular weight is 254 g/mol. The number of pyridine rings is 1. The van der Waals surface area contributed by atoms with Crippen molar-refractivity contribution in [1.29, 1.82) is 5.26 Å². The lowest BCUT2D eigenvalue weighted by Gasteiger charge is -2.09. The quantitative estimate of drug-likeness (QED) is 0.841. The van der Waals surface area contributed by atoms with Crippen LogP contribution in [0.3, 0.4) is 0 Å². The molecule has 0 spiro atoms. The molecule has 0 saturated carbocycles. The van der Waals surface area contributed by atoms with Crippen LogP contribution in [0.1, 0.15) is 5.69 Å². The molecule has 1 heterocycles. The van der Waals surface area contributed by atoms with Crippen molar-refractivity contribution in [2.24, 2.45) is 0 Å². The first-order chi connectivity index (χ1) is 9.28. The van der Waals surface area contributed by atoms with E-state index in [0.717, 1.165) is 17.0 Å². The van der Waals surface area contributed by atoms with Gasteiger partial charge in [-0.1, -0.05) is 6.07 Å². The lowest BCUT2D eigenvalue weighted by Crippen LogP contribution is -1.93. The largest absolute Gasteiger partial charge is 0.493 e. The fourth-order valence-electron chi connectivity index (χ4n) is 1.82. The summed E-state index contributed by atoms with van der Waals surface area (Å²) in [5, 5.41) is 8.71. The van der Waals surface area contributed by atoms with E-state index in [1.54, 1.807) is 14.2 Å². The monoisotopic (exact) mass is 254 g/mol. The van der Waals surface area contributed by atoms with Crippen molar-refractivity contribution >= 4 is 0 Å². The maximum atomic E-state index is 8.71. The first-order valence-electron chi connectivity index (χ1n) is 5.83. The van der Waals surface area contributed by atoms with E-state index in [-0.39, 0.29) is 0 Å². The molecule has 0 aliphatic carbocycles. The number of nitriles is 1. The van der Waals surface area contributed by atoms with Crippen LogP contribution in [0.15, 0.2) is 36.4 Å². The smallest absolute Gasteiger partial charge is 0.161 e. The van der Waals surface area contributed by atoms with Gasteiger partial charge in [-0.15, -0.1) is 0 Å². The number of hydrogen-bond acceptors (Lipinski definition) is 4. The van der Waals surface area contributed by atoms with Crippen molar-refractivity contribution in [3.05, 3.63) is 42.1 Å². The second-order valence-electron chi connectivity index (χ2n) is 3.92. The molecule has 1 aromatic heterocycles. The molecule has 0 aliphatic rings. The van der Waals surface area contributed by atoms with Crippen molar-refractivity contribution in [1.82, 2.24) is 4.98 Å². The molecule has 0 fully saturated rings. The number of nitrogens with zero attached hydrogens (tertiary/aromatic N) is 2. The van der Waals surface area contributed by atoms with Crippen molar-refractivity contribution in [3.63, 3.8) is 0 Å². The summed E-state index contributed by atoms with van der Waals surface area (Å²) in [6.07, 6.45) is 0.307. The molecule has 0 amide bonds. The Kier molecular flexibility index (Phi) is 3.99. The zero-order valence-electron chi connectivity index (χ0n) is 10.9. The van der Waals surface area contributed by atoms with Gasteiger partial charge in [0, 0.05) is 5.56 Å². The fraction of sp³-hybridized carbons (Fsp3) is 0.200. The molecule has 0 aliphatic heterocycles. The van der Waals surface area contributed by atoms with Gasteiger partial charge in [0.05, 0.1) is 38.1 Å². The molecule has 0 N–H and O–H groups in total. The Labute approximate surface area is 112 Å². The highest BCUT2D eigenvalue weighted by atomic mass is 16.5. The second kappa shape index (κ2) is 5.87. The summed E-state index contributed by atoms with van der Waals surface area (Å²) < 4.78 is 10.5. The van der Waals surface area contributed by atoms with Gasteiger partial charge in [-0.05, 0) is 30.3 Å². The SMILES string of the molecule is COc1ccc(-c2cccc(CC#N)n2)cc1OC. The number of aromatic nitrogens is 1. The highest BCUT2D eigenvalue weighted by Crippen LogP contribution is 2.31. The third-order valence-electron chi connectivity index (χ3n) is 2.75. The summed E-state index contributed by atoms with van der Waals surface area (Å²) in [5.41, 5.74) is 2.50. The Balaban J connectivity index is 2.41. The molecular formula is C15H14N2O2. The lowest BCUT2D eigenvalue weighted by molar-refractivity contribution is 0.355. The van der Waals surface area contributed by atoms with Crippen molar-refractivity contribution in [2.75, 3.05) is 14.2 Å². The van der Waals surface area contributed by atoms with Gasteiger partial charge in [-0.25, -0.2) is 0 Å². The van der Waals surface area contributed by atoms with Crippen LogP contribution in [-0.2, 0) is 6.42 Å². The van der Waals surface area contributed by atoms with Crippen LogP contribution in [0.2, 0.25) is 0 Å². The van der Waals surface area contributed by atoms with E-state index in [2.05, 4.69) is 11.1 Å². The molecule has 0 unspecified atom stereocenters. The molecule has 0 radical (unpaired) electrons. The summed E-state index contributed by atoms with van der Waals surface area (Å²) in [4.78, 5) is 4.44. The Morgan fingerprint density at radius 2 is 1.89 bits per heavy atom. The van der Waals surface area contributed by atoms with E-state index < -0.39 is 0 Å². The van der Waals surface area contributed by atoms with Crippen LogP contribution in [0.5, 0.6) is 11.5 Å². The molecule has 1 aromatic carbocycles. The Bertz CT molecular complexity index is 618. The van der Waals surface area contributed by atoms with Crippen LogP contribution in [0.25, 0.3) is 11.3 Å². The van der Waals surface area contributed by atoms with Crippen LogP contribution in [0.4, 0.5) is 0 Å². The van der Waals surface area contributed by atoms with Gasteiger partial charge in [0.15, 0.2) is 11.5 Å². The molecule has 4 heteroatoms. The summed E-state index contributed by atoms with van der Waals surface area (Å²) in [6.45, 7) is 0. The fourth-order valence-corrected chi connectivity index (χ4v) is 1.82. The van der Waals surface area contributed by atoms with E-state index in [1.807, 2.05) is 36.4 Å². The molecule has 4 nitrogen and oxygen atoms in total. The van der Waals surface area contributed by atoms with Gasteiger partial charge in [0.25, 0.3) is 0 Å². The van der Waals surface area contributed by atoms with E-state index in [0.29, 0.717) is 17.9 Å².